The number of aromatic nitrogens is 8. The normalized spacial score (nSPS) is 12.4. The fourth-order valence-electron chi connectivity index (χ4n) is 7.46. The largest absolute Gasteiger partial charge is 0.354 e. The number of aromatic amines is 2. The second-order valence-corrected chi connectivity index (χ2v) is 15.4. The van der Waals surface area contributed by atoms with Crippen molar-refractivity contribution in [3.63, 3.8) is 0 Å². The van der Waals surface area contributed by atoms with Crippen LogP contribution in [0.4, 0.5) is 0 Å². The molecule has 0 amide bonds. The van der Waals surface area contributed by atoms with Crippen molar-refractivity contribution in [2.45, 2.75) is 26.3 Å². The van der Waals surface area contributed by atoms with Crippen LogP contribution in [0.2, 0.25) is 0 Å². The summed E-state index contributed by atoms with van der Waals surface area (Å²) in [5.74, 6) is 0. The molecule has 0 saturated carbocycles. The van der Waals surface area contributed by atoms with Gasteiger partial charge < -0.3 is 9.97 Å². The van der Waals surface area contributed by atoms with Gasteiger partial charge in [-0.25, -0.2) is 28.2 Å². The molecule has 7 aromatic heterocycles. The van der Waals surface area contributed by atoms with Gasteiger partial charge in [0.2, 0.25) is 0 Å². The van der Waals surface area contributed by atoms with E-state index >= 15 is 0 Å². The molecule has 8 nitrogen and oxygen atoms in total. The van der Waals surface area contributed by atoms with Gasteiger partial charge in [0.25, 0.3) is 0 Å². The smallest absolute Gasteiger partial charge is 0.169 e. The number of pyridine rings is 4. The first-order valence-corrected chi connectivity index (χ1v) is 18.6. The molecule has 268 valence electrons. The minimum atomic E-state index is -0.0486. The third-order valence-corrected chi connectivity index (χ3v) is 10.4. The molecule has 0 aliphatic carbocycles. The predicted molar refractivity (Wildman–Crippen MR) is 219 cm³/mol. The highest BCUT2D eigenvalue weighted by molar-refractivity contribution is 6.00. The first-order chi connectivity index (χ1) is 26.6. The SMILES string of the molecule is C[n+]1ccc(-c2c3nc(c(-c4cc[n+](C(C)(C)C)cc4)c4nc(c(-c5cc[n+](C)cc5)c5ccc([nH]5)c(-c5cc[n+](C)cc5)c5ccc2[nH]5)C=C4)C=C3)cc1. The molecule has 7 aromatic rings. The van der Waals surface area contributed by atoms with Gasteiger partial charge in [0, 0.05) is 114 Å². The highest BCUT2D eigenvalue weighted by Gasteiger charge is 2.23. The van der Waals surface area contributed by atoms with E-state index in [0.29, 0.717) is 0 Å². The lowest BCUT2D eigenvalue weighted by Gasteiger charge is -2.13. The lowest BCUT2D eigenvalue weighted by Crippen LogP contribution is -2.49. The maximum atomic E-state index is 5.43. The number of nitrogens with one attached hydrogen (secondary N) is 2. The molecule has 9 rings (SSSR count). The molecule has 0 fully saturated rings. The number of rotatable bonds is 4. The van der Waals surface area contributed by atoms with E-state index in [4.69, 9.17) is 9.97 Å². The lowest BCUT2D eigenvalue weighted by molar-refractivity contribution is -0.754. The molecule has 0 radical (unpaired) electrons. The van der Waals surface area contributed by atoms with E-state index in [1.54, 1.807) is 0 Å². The van der Waals surface area contributed by atoms with Gasteiger partial charge in [-0.05, 0) is 70.8 Å². The molecule has 8 heteroatoms. The van der Waals surface area contributed by atoms with Gasteiger partial charge in [0.15, 0.2) is 55.1 Å². The second-order valence-electron chi connectivity index (χ2n) is 15.4. The van der Waals surface area contributed by atoms with Gasteiger partial charge in [-0.2, -0.15) is 0 Å². The van der Waals surface area contributed by atoms with Crippen LogP contribution in [-0.4, -0.2) is 19.9 Å². The van der Waals surface area contributed by atoms with Crippen molar-refractivity contribution in [2.75, 3.05) is 0 Å². The first-order valence-electron chi connectivity index (χ1n) is 18.6. The summed E-state index contributed by atoms with van der Waals surface area (Å²) >= 11 is 0. The highest BCUT2D eigenvalue weighted by Crippen LogP contribution is 2.38. The quantitative estimate of drug-likeness (QED) is 0.182. The zero-order valence-corrected chi connectivity index (χ0v) is 32.0. The Kier molecular flexibility index (Phi) is 8.19. The summed E-state index contributed by atoms with van der Waals surface area (Å²) in [6.07, 6.45) is 25.4. The molecular formula is C47H44N8+4. The predicted octanol–water partition coefficient (Wildman–Crippen LogP) is 7.84. The maximum Gasteiger partial charge on any atom is 0.169 e. The third-order valence-electron chi connectivity index (χ3n) is 10.4. The number of hydrogen-bond acceptors (Lipinski definition) is 2. The van der Waals surface area contributed by atoms with Crippen LogP contribution in [0.15, 0.2) is 122 Å². The van der Waals surface area contributed by atoms with E-state index in [1.165, 1.54) is 0 Å². The van der Waals surface area contributed by atoms with Crippen molar-refractivity contribution >= 4 is 46.4 Å². The summed E-state index contributed by atoms with van der Waals surface area (Å²) in [5, 5.41) is 0. The van der Waals surface area contributed by atoms with Crippen molar-refractivity contribution in [1.29, 1.82) is 0 Å². The zero-order chi connectivity index (χ0) is 37.8. The molecule has 9 heterocycles. The van der Waals surface area contributed by atoms with Gasteiger partial charge in [0.1, 0.15) is 21.1 Å². The van der Waals surface area contributed by atoms with Crippen LogP contribution >= 0.6 is 0 Å². The monoisotopic (exact) mass is 720 g/mol. The van der Waals surface area contributed by atoms with E-state index in [-0.39, 0.29) is 5.54 Å². The fourth-order valence-corrected chi connectivity index (χ4v) is 7.46. The number of aryl methyl sites for hydroxylation is 3. The lowest BCUT2D eigenvalue weighted by atomic mass is 10.0. The molecule has 0 atom stereocenters. The zero-order valence-electron chi connectivity index (χ0n) is 32.0. The average Bonchev–Trinajstić information content (AvgIpc) is 4.01. The van der Waals surface area contributed by atoms with Crippen LogP contribution in [0, 0.1) is 0 Å². The van der Waals surface area contributed by atoms with Gasteiger partial charge in [-0.3, -0.25) is 0 Å². The van der Waals surface area contributed by atoms with Crippen LogP contribution < -0.4 is 18.3 Å². The summed E-state index contributed by atoms with van der Waals surface area (Å²) in [4.78, 5) is 18.6. The Labute approximate surface area is 320 Å². The summed E-state index contributed by atoms with van der Waals surface area (Å²) in [5.41, 5.74) is 15.8. The van der Waals surface area contributed by atoms with Crippen LogP contribution in [0.5, 0.6) is 0 Å². The Morgan fingerprint density at radius 3 is 1.04 bits per heavy atom. The Balaban J connectivity index is 1.45. The summed E-state index contributed by atoms with van der Waals surface area (Å²) in [6.45, 7) is 6.63. The standard InChI is InChI=1S/C47H43N8/c1-47(2,3)55-29-21-34(22-30-55)46-41-13-11-39(50-41)44(32-17-25-53(5)26-18-32)37-9-7-35(48-37)43(31-15-23-52(4)24-16-31)36-8-10-38(49-36)45(40-12-14-42(46)51-40)33-19-27-54(6)28-20-33/h7-30H,1-6H3,(H,48,49,50,51)/q+3/p+1. The van der Waals surface area contributed by atoms with Crippen molar-refractivity contribution in [1.82, 2.24) is 19.9 Å². The molecule has 2 aliphatic heterocycles. The number of fused-ring (bicyclic) bond motifs is 8. The van der Waals surface area contributed by atoms with Gasteiger partial charge in [-0.1, -0.05) is 0 Å². The van der Waals surface area contributed by atoms with E-state index < -0.39 is 0 Å². The molecule has 8 bridgehead atoms. The summed E-state index contributed by atoms with van der Waals surface area (Å²) in [7, 11) is 6.12. The minimum Gasteiger partial charge on any atom is -0.354 e. The van der Waals surface area contributed by atoms with Gasteiger partial charge in [-0.15, -0.1) is 0 Å². The van der Waals surface area contributed by atoms with Crippen LogP contribution in [-0.2, 0) is 26.7 Å². The topological polar surface area (TPSA) is 72.9 Å². The van der Waals surface area contributed by atoms with E-state index in [2.05, 4.69) is 196 Å². The minimum absolute atomic E-state index is 0.0486. The van der Waals surface area contributed by atoms with Gasteiger partial charge >= 0.3 is 0 Å². The molecule has 0 unspecified atom stereocenters. The Morgan fingerprint density at radius 2 is 0.673 bits per heavy atom. The molecule has 2 aliphatic rings. The number of nitrogens with zero attached hydrogens (tertiary/aromatic N) is 6. The average molecular weight is 721 g/mol. The fraction of sp³-hybridized carbons (Fsp3) is 0.149. The van der Waals surface area contributed by atoms with Crippen molar-refractivity contribution in [3.8, 4) is 44.5 Å². The van der Waals surface area contributed by atoms with E-state index in [0.717, 1.165) is 89.4 Å². The highest BCUT2D eigenvalue weighted by atomic mass is 15.0. The van der Waals surface area contributed by atoms with Crippen molar-refractivity contribution in [3.05, 3.63) is 145 Å². The third kappa shape index (κ3) is 6.35. The molecular weight excluding hydrogens is 677 g/mol. The Bertz CT molecular complexity index is 2690. The summed E-state index contributed by atoms with van der Waals surface area (Å²) in [6, 6.07) is 26.0. The van der Waals surface area contributed by atoms with E-state index in [9.17, 15) is 0 Å². The van der Waals surface area contributed by atoms with Crippen LogP contribution in [0.25, 0.3) is 90.9 Å². The number of H-pyrrole nitrogens is 2. The first kappa shape index (κ1) is 34.0. The Hall–Kier alpha value is -6.80. The van der Waals surface area contributed by atoms with E-state index in [1.807, 2.05) is 21.1 Å². The number of hydrogen-bond donors (Lipinski definition) is 2. The van der Waals surface area contributed by atoms with Crippen LogP contribution in [0.3, 0.4) is 0 Å². The Morgan fingerprint density at radius 1 is 0.382 bits per heavy atom. The van der Waals surface area contributed by atoms with Gasteiger partial charge in [0.05, 0.1) is 22.8 Å². The van der Waals surface area contributed by atoms with Crippen molar-refractivity contribution < 1.29 is 18.3 Å². The van der Waals surface area contributed by atoms with Crippen LogP contribution in [0.1, 0.15) is 43.5 Å². The molecule has 55 heavy (non-hydrogen) atoms. The second kappa shape index (κ2) is 13.2. The molecule has 0 saturated heterocycles. The summed E-state index contributed by atoms with van der Waals surface area (Å²) < 4.78 is 8.40. The molecule has 2 N–H and O–H groups in total. The maximum absolute atomic E-state index is 5.43. The van der Waals surface area contributed by atoms with Crippen molar-refractivity contribution in [2.24, 2.45) is 21.1 Å². The molecule has 0 spiro atoms. The molecule has 0 aromatic carbocycles.